The van der Waals surface area contributed by atoms with E-state index in [1.54, 1.807) is 18.2 Å². The molecule has 1 aromatic rings. The Bertz CT molecular complexity index is 472. The molecule has 0 spiro atoms. The van der Waals surface area contributed by atoms with Crippen molar-refractivity contribution >= 4 is 24.7 Å². The zero-order valence-corrected chi connectivity index (χ0v) is 11.2. The molecule has 104 valence electrons. The number of ether oxygens (including phenoxy) is 1. The van der Waals surface area contributed by atoms with Gasteiger partial charge >= 0.3 is 5.97 Å². The standard InChI is InChI=1S/C13H16O5S/c1-18-11-4-2-9(13(17)10(14)7-19)6-8(11)3-5-12(15)16/h2-6,10,13-14,17,19H,7H2,1H3,(H,15,16)/b5-3+. The molecule has 19 heavy (non-hydrogen) atoms. The summed E-state index contributed by atoms with van der Waals surface area (Å²) in [5.74, 6) is -0.481. The highest BCUT2D eigenvalue weighted by Gasteiger charge is 2.17. The van der Waals surface area contributed by atoms with Gasteiger partial charge in [0.25, 0.3) is 0 Å². The summed E-state index contributed by atoms with van der Waals surface area (Å²) in [6.45, 7) is 0. The van der Waals surface area contributed by atoms with E-state index < -0.39 is 18.2 Å². The van der Waals surface area contributed by atoms with E-state index in [4.69, 9.17) is 9.84 Å². The van der Waals surface area contributed by atoms with Crippen molar-refractivity contribution in [3.05, 3.63) is 35.4 Å². The monoisotopic (exact) mass is 284 g/mol. The second-order valence-corrected chi connectivity index (χ2v) is 4.23. The number of carboxylic acids is 1. The van der Waals surface area contributed by atoms with E-state index in [0.29, 0.717) is 16.9 Å². The summed E-state index contributed by atoms with van der Waals surface area (Å²) in [4.78, 5) is 10.5. The molecule has 0 radical (unpaired) electrons. The Morgan fingerprint density at radius 2 is 2.16 bits per heavy atom. The van der Waals surface area contributed by atoms with Crippen LogP contribution in [-0.2, 0) is 4.79 Å². The minimum absolute atomic E-state index is 0.119. The second-order valence-electron chi connectivity index (χ2n) is 3.87. The minimum atomic E-state index is -1.08. The van der Waals surface area contributed by atoms with Crippen molar-refractivity contribution in [2.75, 3.05) is 12.9 Å². The van der Waals surface area contributed by atoms with Gasteiger partial charge < -0.3 is 20.1 Å². The third-order valence-corrected chi connectivity index (χ3v) is 2.93. The minimum Gasteiger partial charge on any atom is -0.496 e. The number of carboxylic acid groups (broad SMARTS) is 1. The molecule has 6 heteroatoms. The number of benzene rings is 1. The molecule has 1 rings (SSSR count). The van der Waals surface area contributed by atoms with Gasteiger partial charge in [-0.1, -0.05) is 6.07 Å². The first-order chi connectivity index (χ1) is 8.99. The average molecular weight is 284 g/mol. The molecular formula is C13H16O5S. The smallest absolute Gasteiger partial charge is 0.328 e. The molecule has 0 saturated carbocycles. The topological polar surface area (TPSA) is 87.0 Å². The Hall–Kier alpha value is -1.50. The van der Waals surface area contributed by atoms with Crippen molar-refractivity contribution < 1.29 is 24.9 Å². The summed E-state index contributed by atoms with van der Waals surface area (Å²) in [5, 5.41) is 28.0. The highest BCUT2D eigenvalue weighted by atomic mass is 32.1. The summed E-state index contributed by atoms with van der Waals surface area (Å²) in [7, 11) is 1.46. The van der Waals surface area contributed by atoms with Gasteiger partial charge in [0.2, 0.25) is 0 Å². The molecule has 2 unspecified atom stereocenters. The number of aliphatic hydroxyl groups excluding tert-OH is 2. The quantitative estimate of drug-likeness (QED) is 0.464. The Morgan fingerprint density at radius 3 is 2.68 bits per heavy atom. The van der Waals surface area contributed by atoms with Gasteiger partial charge in [-0.15, -0.1) is 0 Å². The Labute approximate surface area is 116 Å². The molecule has 0 fully saturated rings. The van der Waals surface area contributed by atoms with Crippen LogP contribution in [0.1, 0.15) is 17.2 Å². The molecule has 0 aromatic heterocycles. The first-order valence-corrected chi connectivity index (χ1v) is 6.18. The maximum atomic E-state index is 10.5. The number of hydrogen-bond donors (Lipinski definition) is 4. The van der Waals surface area contributed by atoms with E-state index in [-0.39, 0.29) is 5.75 Å². The molecule has 0 heterocycles. The van der Waals surface area contributed by atoms with Crippen LogP contribution in [0.2, 0.25) is 0 Å². The van der Waals surface area contributed by atoms with E-state index in [1.165, 1.54) is 13.2 Å². The third-order valence-electron chi connectivity index (χ3n) is 2.55. The van der Waals surface area contributed by atoms with Crippen molar-refractivity contribution in [1.82, 2.24) is 0 Å². The lowest BCUT2D eigenvalue weighted by Crippen LogP contribution is -2.19. The number of carbonyl (C=O) groups is 1. The molecule has 0 amide bonds. The van der Waals surface area contributed by atoms with E-state index in [1.807, 2.05) is 0 Å². The van der Waals surface area contributed by atoms with Crippen LogP contribution in [0.3, 0.4) is 0 Å². The number of rotatable bonds is 6. The van der Waals surface area contributed by atoms with Gasteiger partial charge in [-0.05, 0) is 23.8 Å². The molecule has 2 atom stereocenters. The van der Waals surface area contributed by atoms with E-state index in [9.17, 15) is 15.0 Å². The molecule has 3 N–H and O–H groups in total. The van der Waals surface area contributed by atoms with Crippen LogP contribution in [0.4, 0.5) is 0 Å². The van der Waals surface area contributed by atoms with Crippen LogP contribution in [0, 0.1) is 0 Å². The number of aliphatic hydroxyl groups is 2. The van der Waals surface area contributed by atoms with Gasteiger partial charge in [0.1, 0.15) is 11.9 Å². The fourth-order valence-electron chi connectivity index (χ4n) is 1.55. The van der Waals surface area contributed by atoms with Crippen LogP contribution in [-0.4, -0.2) is 40.3 Å². The lowest BCUT2D eigenvalue weighted by Gasteiger charge is -2.17. The predicted octanol–water partition coefficient (Wildman–Crippen LogP) is 1.12. The van der Waals surface area contributed by atoms with Crippen LogP contribution in [0.15, 0.2) is 24.3 Å². The van der Waals surface area contributed by atoms with Gasteiger partial charge in [-0.3, -0.25) is 0 Å². The highest BCUT2D eigenvalue weighted by molar-refractivity contribution is 7.80. The first-order valence-electron chi connectivity index (χ1n) is 5.55. The molecule has 0 saturated heterocycles. The Morgan fingerprint density at radius 1 is 1.47 bits per heavy atom. The Kier molecular flexibility index (Phi) is 5.88. The summed E-state index contributed by atoms with van der Waals surface area (Å²) in [5.41, 5.74) is 0.972. The zero-order chi connectivity index (χ0) is 14.4. The third kappa shape index (κ3) is 4.27. The van der Waals surface area contributed by atoms with E-state index in [2.05, 4.69) is 12.6 Å². The van der Waals surface area contributed by atoms with Gasteiger partial charge in [0, 0.05) is 17.4 Å². The fraction of sp³-hybridized carbons (Fsp3) is 0.308. The van der Waals surface area contributed by atoms with Crippen molar-refractivity contribution in [2.45, 2.75) is 12.2 Å². The SMILES string of the molecule is COc1ccc(C(O)C(O)CS)cc1/C=C/C(=O)O. The van der Waals surface area contributed by atoms with Gasteiger partial charge in [-0.2, -0.15) is 12.6 Å². The molecule has 0 bridgehead atoms. The second kappa shape index (κ2) is 7.18. The molecule has 0 aliphatic heterocycles. The molecule has 1 aromatic carbocycles. The summed E-state index contributed by atoms with van der Waals surface area (Å²) in [6, 6.07) is 4.77. The predicted molar refractivity (Wildman–Crippen MR) is 74.5 cm³/mol. The summed E-state index contributed by atoms with van der Waals surface area (Å²) < 4.78 is 5.10. The van der Waals surface area contributed by atoms with Gasteiger partial charge in [-0.25, -0.2) is 4.79 Å². The number of aliphatic carboxylic acids is 1. The van der Waals surface area contributed by atoms with Crippen LogP contribution in [0.25, 0.3) is 6.08 Å². The lowest BCUT2D eigenvalue weighted by atomic mass is 10.0. The fourth-order valence-corrected chi connectivity index (χ4v) is 1.75. The summed E-state index contributed by atoms with van der Waals surface area (Å²) in [6.07, 6.45) is 0.265. The molecule has 0 aliphatic carbocycles. The Balaban J connectivity index is 3.10. The van der Waals surface area contributed by atoms with Crippen LogP contribution < -0.4 is 4.74 Å². The van der Waals surface area contributed by atoms with E-state index in [0.717, 1.165) is 6.08 Å². The largest absolute Gasteiger partial charge is 0.496 e. The van der Waals surface area contributed by atoms with Crippen molar-refractivity contribution in [3.8, 4) is 5.75 Å². The zero-order valence-electron chi connectivity index (χ0n) is 10.4. The van der Waals surface area contributed by atoms with Gasteiger partial charge in [0.05, 0.1) is 13.2 Å². The average Bonchev–Trinajstić information content (AvgIpc) is 2.42. The van der Waals surface area contributed by atoms with Crippen molar-refractivity contribution in [3.63, 3.8) is 0 Å². The van der Waals surface area contributed by atoms with Gasteiger partial charge in [0.15, 0.2) is 0 Å². The van der Waals surface area contributed by atoms with Crippen molar-refractivity contribution in [1.29, 1.82) is 0 Å². The van der Waals surface area contributed by atoms with E-state index >= 15 is 0 Å². The maximum absolute atomic E-state index is 10.5. The first kappa shape index (κ1) is 15.6. The van der Waals surface area contributed by atoms with Crippen LogP contribution in [0.5, 0.6) is 5.75 Å². The highest BCUT2D eigenvalue weighted by Crippen LogP contribution is 2.26. The molecular weight excluding hydrogens is 268 g/mol. The molecule has 5 nitrogen and oxygen atoms in total. The maximum Gasteiger partial charge on any atom is 0.328 e. The molecule has 0 aliphatic rings. The number of thiol groups is 1. The summed E-state index contributed by atoms with van der Waals surface area (Å²) >= 11 is 3.91. The number of methoxy groups -OCH3 is 1. The van der Waals surface area contributed by atoms with Crippen molar-refractivity contribution in [2.24, 2.45) is 0 Å². The van der Waals surface area contributed by atoms with Crippen LogP contribution >= 0.6 is 12.6 Å². The number of hydrogen-bond acceptors (Lipinski definition) is 5. The lowest BCUT2D eigenvalue weighted by molar-refractivity contribution is -0.131. The normalized spacial score (nSPS) is 14.3.